The van der Waals surface area contributed by atoms with Gasteiger partial charge in [0.15, 0.2) is 5.65 Å². The lowest BCUT2D eigenvalue weighted by Gasteiger charge is -2.06. The van der Waals surface area contributed by atoms with Gasteiger partial charge in [-0.1, -0.05) is 12.1 Å². The minimum atomic E-state index is -0.541. The molecule has 0 aliphatic carbocycles. The standard InChI is InChI=1S/C15H13N5O2/c1-9-18-19-13-8-10(6-7-20(9)13)14(21)17-15(22)11-4-2-3-5-12(11)16/h2-8H,16H2,1H3,(H,17,21,22). The summed E-state index contributed by atoms with van der Waals surface area (Å²) in [6, 6.07) is 9.72. The van der Waals surface area contributed by atoms with Gasteiger partial charge in [0, 0.05) is 17.4 Å². The maximum atomic E-state index is 12.2. The number of nitrogen functional groups attached to an aromatic ring is 1. The van der Waals surface area contributed by atoms with Crippen molar-refractivity contribution in [2.75, 3.05) is 5.73 Å². The molecule has 0 saturated carbocycles. The lowest BCUT2D eigenvalue weighted by Crippen LogP contribution is -2.31. The third-order valence-corrected chi connectivity index (χ3v) is 3.28. The van der Waals surface area contributed by atoms with Gasteiger partial charge in [-0.3, -0.25) is 19.3 Å². The van der Waals surface area contributed by atoms with E-state index in [1.165, 1.54) is 0 Å². The summed E-state index contributed by atoms with van der Waals surface area (Å²) in [7, 11) is 0. The molecule has 0 bridgehead atoms. The van der Waals surface area contributed by atoms with E-state index < -0.39 is 11.8 Å². The summed E-state index contributed by atoms with van der Waals surface area (Å²) in [5, 5.41) is 10.2. The molecule has 22 heavy (non-hydrogen) atoms. The monoisotopic (exact) mass is 295 g/mol. The zero-order valence-electron chi connectivity index (χ0n) is 11.8. The van der Waals surface area contributed by atoms with E-state index in [0.717, 1.165) is 5.82 Å². The minimum absolute atomic E-state index is 0.259. The predicted octanol–water partition coefficient (Wildman–Crippen LogP) is 1.19. The number of para-hydroxylation sites is 1. The van der Waals surface area contributed by atoms with Crippen molar-refractivity contribution in [2.45, 2.75) is 6.92 Å². The van der Waals surface area contributed by atoms with Crippen LogP contribution in [0.1, 0.15) is 26.5 Å². The van der Waals surface area contributed by atoms with E-state index in [-0.39, 0.29) is 5.56 Å². The number of carbonyl (C=O) groups excluding carboxylic acids is 2. The van der Waals surface area contributed by atoms with E-state index in [1.807, 2.05) is 0 Å². The Hall–Kier alpha value is -3.22. The fourth-order valence-electron chi connectivity index (χ4n) is 2.10. The van der Waals surface area contributed by atoms with Crippen LogP contribution in [0.4, 0.5) is 5.69 Å². The van der Waals surface area contributed by atoms with Crippen LogP contribution in [0.2, 0.25) is 0 Å². The molecule has 3 aromatic rings. The van der Waals surface area contributed by atoms with Gasteiger partial charge in [0.1, 0.15) is 5.82 Å². The number of pyridine rings is 1. The van der Waals surface area contributed by atoms with Crippen LogP contribution in [0.3, 0.4) is 0 Å². The van der Waals surface area contributed by atoms with Crippen molar-refractivity contribution in [1.29, 1.82) is 0 Å². The minimum Gasteiger partial charge on any atom is -0.398 e. The molecule has 0 spiro atoms. The number of amides is 2. The van der Waals surface area contributed by atoms with Crippen molar-refractivity contribution >= 4 is 23.1 Å². The highest BCUT2D eigenvalue weighted by molar-refractivity contribution is 6.12. The molecule has 0 aliphatic heterocycles. The number of hydrogen-bond donors (Lipinski definition) is 2. The topological polar surface area (TPSA) is 102 Å². The molecular formula is C15H13N5O2. The number of fused-ring (bicyclic) bond motifs is 1. The third kappa shape index (κ3) is 2.39. The first kappa shape index (κ1) is 13.7. The van der Waals surface area contributed by atoms with Crippen LogP contribution in [0.25, 0.3) is 5.65 Å². The molecule has 0 saturated heterocycles. The SMILES string of the molecule is Cc1nnc2cc(C(=O)NC(=O)c3ccccc3N)ccn12. The molecule has 3 rings (SSSR count). The van der Waals surface area contributed by atoms with Crippen molar-refractivity contribution in [2.24, 2.45) is 0 Å². The molecule has 1 aromatic carbocycles. The smallest absolute Gasteiger partial charge is 0.260 e. The van der Waals surface area contributed by atoms with Gasteiger partial charge in [-0.25, -0.2) is 0 Å². The number of aryl methyl sites for hydroxylation is 1. The second-order valence-electron chi connectivity index (χ2n) is 4.76. The van der Waals surface area contributed by atoms with Crippen LogP contribution in [0.15, 0.2) is 42.6 Å². The van der Waals surface area contributed by atoms with Gasteiger partial charge < -0.3 is 5.73 Å². The molecule has 7 nitrogen and oxygen atoms in total. The number of nitrogens with one attached hydrogen (secondary N) is 1. The summed E-state index contributed by atoms with van der Waals surface area (Å²) >= 11 is 0. The molecule has 0 fully saturated rings. The summed E-state index contributed by atoms with van der Waals surface area (Å²) < 4.78 is 1.74. The number of aromatic nitrogens is 3. The van der Waals surface area contributed by atoms with Crippen molar-refractivity contribution in [3.05, 3.63) is 59.5 Å². The van der Waals surface area contributed by atoms with Gasteiger partial charge >= 0.3 is 0 Å². The lowest BCUT2D eigenvalue weighted by atomic mass is 10.1. The van der Waals surface area contributed by atoms with Gasteiger partial charge in [0.2, 0.25) is 0 Å². The van der Waals surface area contributed by atoms with Crippen LogP contribution in [-0.4, -0.2) is 26.4 Å². The van der Waals surface area contributed by atoms with E-state index in [0.29, 0.717) is 16.9 Å². The Labute approximate surface area is 125 Å². The molecule has 2 heterocycles. The average molecular weight is 295 g/mol. The summed E-state index contributed by atoms with van der Waals surface area (Å²) in [4.78, 5) is 24.2. The molecule has 2 amide bonds. The molecule has 2 aromatic heterocycles. The quantitative estimate of drug-likeness (QED) is 0.546. The van der Waals surface area contributed by atoms with Gasteiger partial charge in [-0.05, 0) is 31.2 Å². The van der Waals surface area contributed by atoms with Gasteiger partial charge in [-0.15, -0.1) is 10.2 Å². The number of benzene rings is 1. The number of anilines is 1. The zero-order valence-corrected chi connectivity index (χ0v) is 11.8. The van der Waals surface area contributed by atoms with Gasteiger partial charge in [0.05, 0.1) is 5.56 Å². The second kappa shape index (κ2) is 5.28. The van der Waals surface area contributed by atoms with Crippen LogP contribution in [0, 0.1) is 6.92 Å². The largest absolute Gasteiger partial charge is 0.398 e. The Morgan fingerprint density at radius 2 is 1.91 bits per heavy atom. The number of hydrogen-bond acceptors (Lipinski definition) is 5. The van der Waals surface area contributed by atoms with Crippen molar-refractivity contribution in [3.8, 4) is 0 Å². The molecule has 3 N–H and O–H groups in total. The maximum Gasteiger partial charge on any atom is 0.260 e. The number of nitrogens with two attached hydrogens (primary N) is 1. The first-order valence-electron chi connectivity index (χ1n) is 6.58. The Morgan fingerprint density at radius 3 is 2.68 bits per heavy atom. The van der Waals surface area contributed by atoms with E-state index in [2.05, 4.69) is 15.5 Å². The molecule has 0 atom stereocenters. The van der Waals surface area contributed by atoms with E-state index in [1.54, 1.807) is 53.9 Å². The van der Waals surface area contributed by atoms with Crippen molar-refractivity contribution in [1.82, 2.24) is 19.9 Å². The molecule has 0 radical (unpaired) electrons. The van der Waals surface area contributed by atoms with E-state index in [9.17, 15) is 9.59 Å². The van der Waals surface area contributed by atoms with Crippen molar-refractivity contribution < 1.29 is 9.59 Å². The molecule has 0 unspecified atom stereocenters. The van der Waals surface area contributed by atoms with E-state index >= 15 is 0 Å². The highest BCUT2D eigenvalue weighted by atomic mass is 16.2. The number of carbonyl (C=O) groups is 2. The fourth-order valence-corrected chi connectivity index (χ4v) is 2.10. The summed E-state index contributed by atoms with van der Waals surface area (Å²) in [5.41, 5.74) is 7.16. The Balaban J connectivity index is 1.84. The summed E-state index contributed by atoms with van der Waals surface area (Å²) in [5.74, 6) is -0.341. The maximum absolute atomic E-state index is 12.2. The Kier molecular flexibility index (Phi) is 3.30. The number of nitrogens with zero attached hydrogens (tertiary/aromatic N) is 3. The first-order valence-corrected chi connectivity index (χ1v) is 6.58. The summed E-state index contributed by atoms with van der Waals surface area (Å²) in [6.45, 7) is 1.81. The molecule has 110 valence electrons. The van der Waals surface area contributed by atoms with E-state index in [4.69, 9.17) is 5.73 Å². The highest BCUT2D eigenvalue weighted by Gasteiger charge is 2.15. The lowest BCUT2D eigenvalue weighted by molar-refractivity contribution is 0.0850. The second-order valence-corrected chi connectivity index (χ2v) is 4.76. The van der Waals surface area contributed by atoms with Crippen LogP contribution in [0.5, 0.6) is 0 Å². The average Bonchev–Trinajstić information content (AvgIpc) is 2.88. The van der Waals surface area contributed by atoms with Gasteiger partial charge in [-0.2, -0.15) is 0 Å². The van der Waals surface area contributed by atoms with Crippen molar-refractivity contribution in [3.63, 3.8) is 0 Å². The van der Waals surface area contributed by atoms with Crippen LogP contribution in [-0.2, 0) is 0 Å². The fraction of sp³-hybridized carbons (Fsp3) is 0.0667. The summed E-state index contributed by atoms with van der Waals surface area (Å²) in [6.07, 6.45) is 1.68. The first-order chi connectivity index (χ1) is 10.6. The zero-order chi connectivity index (χ0) is 15.7. The van der Waals surface area contributed by atoms with Gasteiger partial charge in [0.25, 0.3) is 11.8 Å². The molecular weight excluding hydrogens is 282 g/mol. The number of imide groups is 1. The van der Waals surface area contributed by atoms with Crippen LogP contribution >= 0.6 is 0 Å². The number of rotatable bonds is 2. The Morgan fingerprint density at radius 1 is 1.14 bits per heavy atom. The predicted molar refractivity (Wildman–Crippen MR) is 80.4 cm³/mol. The molecule has 7 heteroatoms. The van der Waals surface area contributed by atoms with Crippen LogP contribution < -0.4 is 11.1 Å². The normalized spacial score (nSPS) is 10.6. The third-order valence-electron chi connectivity index (χ3n) is 3.28. The molecule has 0 aliphatic rings. The highest BCUT2D eigenvalue weighted by Crippen LogP contribution is 2.11. The Bertz CT molecular complexity index is 885.